The fraction of sp³-hybridized carbons (Fsp3) is 0.524. The number of aromatic nitrogens is 1. The molecule has 7 heteroatoms. The molecule has 2 heterocycles. The summed E-state index contributed by atoms with van der Waals surface area (Å²) in [7, 11) is 0. The highest BCUT2D eigenvalue weighted by Crippen LogP contribution is 2.64. The van der Waals surface area contributed by atoms with Crippen LogP contribution in [0.5, 0.6) is 0 Å². The van der Waals surface area contributed by atoms with Crippen molar-refractivity contribution in [2.75, 3.05) is 6.61 Å². The Morgan fingerprint density at radius 3 is 2.75 bits per heavy atom. The van der Waals surface area contributed by atoms with Gasteiger partial charge in [-0.15, -0.1) is 11.8 Å². The SMILES string of the molecule is CCOC(=O)Cn1c2c(sc1=O)C(c1ccc(Cl)cc1)C1C3CCC(C3)C1S2. The van der Waals surface area contributed by atoms with E-state index in [4.69, 9.17) is 16.3 Å². The van der Waals surface area contributed by atoms with Crippen molar-refractivity contribution < 1.29 is 9.53 Å². The zero-order chi connectivity index (χ0) is 19.4. The summed E-state index contributed by atoms with van der Waals surface area (Å²) >= 11 is 9.28. The molecule has 5 unspecified atom stereocenters. The van der Waals surface area contributed by atoms with E-state index in [1.807, 2.05) is 23.9 Å². The van der Waals surface area contributed by atoms with Gasteiger partial charge >= 0.3 is 10.8 Å². The number of hydrogen-bond donors (Lipinski definition) is 0. The summed E-state index contributed by atoms with van der Waals surface area (Å²) in [5, 5.41) is 2.23. The van der Waals surface area contributed by atoms with Gasteiger partial charge in [-0.3, -0.25) is 14.2 Å². The Kier molecular flexibility index (Phi) is 4.84. The minimum atomic E-state index is -0.344. The number of fused-ring (bicyclic) bond motifs is 6. The first-order valence-corrected chi connectivity index (χ1v) is 12.0. The quantitative estimate of drug-likeness (QED) is 0.648. The van der Waals surface area contributed by atoms with Crippen LogP contribution in [0, 0.1) is 17.8 Å². The second kappa shape index (κ2) is 7.22. The molecule has 5 atom stereocenters. The van der Waals surface area contributed by atoms with E-state index in [-0.39, 0.29) is 23.3 Å². The van der Waals surface area contributed by atoms with Crippen molar-refractivity contribution in [1.29, 1.82) is 0 Å². The largest absolute Gasteiger partial charge is 0.465 e. The molecule has 5 rings (SSSR count). The number of thiazole rings is 1. The molecule has 2 aromatic rings. The third kappa shape index (κ3) is 2.96. The molecular weight excluding hydrogens is 414 g/mol. The van der Waals surface area contributed by atoms with Gasteiger partial charge in [0.2, 0.25) is 0 Å². The molecule has 3 aliphatic rings. The van der Waals surface area contributed by atoms with Crippen LogP contribution in [0.2, 0.25) is 5.02 Å². The van der Waals surface area contributed by atoms with Crippen LogP contribution < -0.4 is 4.87 Å². The first-order valence-electron chi connectivity index (χ1n) is 9.88. The molecule has 0 saturated heterocycles. The van der Waals surface area contributed by atoms with Crippen molar-refractivity contribution in [2.24, 2.45) is 17.8 Å². The average molecular weight is 436 g/mol. The first kappa shape index (κ1) is 18.8. The molecule has 0 spiro atoms. The standard InChI is InChI=1S/C21H22ClNO3S2/c1-2-26-15(24)10-23-20-19(28-21(23)25)16(11-5-7-14(22)8-6-11)17-12-3-4-13(9-12)18(17)27-20/h5-8,12-13,16-18H,2-4,9-10H2,1H3. The van der Waals surface area contributed by atoms with E-state index in [1.54, 1.807) is 11.5 Å². The number of nitrogens with zero attached hydrogens (tertiary/aromatic N) is 1. The number of ether oxygens (including phenoxy) is 1. The number of benzene rings is 1. The topological polar surface area (TPSA) is 48.3 Å². The second-order valence-electron chi connectivity index (χ2n) is 7.95. The Morgan fingerprint density at radius 1 is 1.25 bits per heavy atom. The van der Waals surface area contributed by atoms with E-state index in [0.29, 0.717) is 23.7 Å². The molecule has 148 valence electrons. The molecule has 1 aliphatic heterocycles. The summed E-state index contributed by atoms with van der Waals surface area (Å²) in [6.07, 6.45) is 3.88. The molecule has 2 bridgehead atoms. The maximum absolute atomic E-state index is 12.8. The van der Waals surface area contributed by atoms with Crippen molar-refractivity contribution in [3.8, 4) is 0 Å². The smallest absolute Gasteiger partial charge is 0.326 e. The molecule has 28 heavy (non-hydrogen) atoms. The van der Waals surface area contributed by atoms with Gasteiger partial charge in [-0.1, -0.05) is 35.1 Å². The lowest BCUT2D eigenvalue weighted by Gasteiger charge is -2.40. The predicted octanol–water partition coefficient (Wildman–Crippen LogP) is 4.78. The molecule has 1 aromatic heterocycles. The summed E-state index contributed by atoms with van der Waals surface area (Å²) in [5.41, 5.74) is 1.23. The Labute approximate surface area is 177 Å². The predicted molar refractivity (Wildman–Crippen MR) is 112 cm³/mol. The molecule has 0 radical (unpaired) electrons. The van der Waals surface area contributed by atoms with Crippen LogP contribution >= 0.6 is 34.7 Å². The minimum Gasteiger partial charge on any atom is -0.465 e. The monoisotopic (exact) mass is 435 g/mol. The van der Waals surface area contributed by atoms with Crippen molar-refractivity contribution in [2.45, 2.75) is 48.9 Å². The van der Waals surface area contributed by atoms with E-state index >= 15 is 0 Å². The van der Waals surface area contributed by atoms with Gasteiger partial charge in [-0.05, 0) is 61.6 Å². The number of carbonyl (C=O) groups is 1. The van der Waals surface area contributed by atoms with Gasteiger partial charge < -0.3 is 4.74 Å². The van der Waals surface area contributed by atoms with Gasteiger partial charge in [-0.25, -0.2) is 0 Å². The van der Waals surface area contributed by atoms with Crippen LogP contribution in [0.1, 0.15) is 42.5 Å². The highest BCUT2D eigenvalue weighted by molar-refractivity contribution is 8.00. The van der Waals surface area contributed by atoms with Crippen LogP contribution in [-0.2, 0) is 16.1 Å². The Bertz CT molecular complexity index is 967. The molecule has 0 N–H and O–H groups in total. The van der Waals surface area contributed by atoms with Gasteiger partial charge in [0.15, 0.2) is 0 Å². The number of rotatable bonds is 4. The van der Waals surface area contributed by atoms with Gasteiger partial charge in [0.05, 0.1) is 11.6 Å². The number of carbonyl (C=O) groups excluding carboxylic acids is 1. The number of halogens is 1. The lowest BCUT2D eigenvalue weighted by molar-refractivity contribution is -0.144. The zero-order valence-corrected chi connectivity index (χ0v) is 18.0. The molecule has 2 fully saturated rings. The Hall–Kier alpha value is -1.24. The van der Waals surface area contributed by atoms with Crippen molar-refractivity contribution in [3.63, 3.8) is 0 Å². The van der Waals surface area contributed by atoms with Gasteiger partial charge in [0, 0.05) is 21.1 Å². The Balaban J connectivity index is 1.61. The maximum atomic E-state index is 12.8. The fourth-order valence-corrected chi connectivity index (χ4v) is 8.74. The number of hydrogen-bond acceptors (Lipinski definition) is 5. The summed E-state index contributed by atoms with van der Waals surface area (Å²) in [6.45, 7) is 2.12. The normalized spacial score (nSPS) is 30.1. The third-order valence-corrected chi connectivity index (χ3v) is 9.59. The van der Waals surface area contributed by atoms with E-state index < -0.39 is 0 Å². The summed E-state index contributed by atoms with van der Waals surface area (Å²) in [4.78, 5) is 26.0. The Morgan fingerprint density at radius 2 is 2.00 bits per heavy atom. The molecular formula is C21H22ClNO3S2. The molecule has 1 aromatic carbocycles. The lowest BCUT2D eigenvalue weighted by Crippen LogP contribution is -2.34. The first-order chi connectivity index (χ1) is 13.6. The van der Waals surface area contributed by atoms with Gasteiger partial charge in [0.1, 0.15) is 6.54 Å². The van der Waals surface area contributed by atoms with Gasteiger partial charge in [-0.2, -0.15) is 0 Å². The van der Waals surface area contributed by atoms with Crippen LogP contribution in [0.3, 0.4) is 0 Å². The fourth-order valence-electron chi connectivity index (χ4n) is 5.47. The second-order valence-corrected chi connectivity index (χ2v) is 10.5. The summed E-state index contributed by atoms with van der Waals surface area (Å²) in [6, 6.07) is 8.10. The highest BCUT2D eigenvalue weighted by atomic mass is 35.5. The van der Waals surface area contributed by atoms with E-state index in [9.17, 15) is 9.59 Å². The summed E-state index contributed by atoms with van der Waals surface area (Å²) < 4.78 is 6.75. The molecule has 0 amide bonds. The third-order valence-electron chi connectivity index (χ3n) is 6.51. The van der Waals surface area contributed by atoms with Crippen molar-refractivity contribution in [1.82, 2.24) is 4.57 Å². The van der Waals surface area contributed by atoms with Crippen molar-refractivity contribution in [3.05, 3.63) is 49.4 Å². The number of esters is 1. The summed E-state index contributed by atoms with van der Waals surface area (Å²) in [5.74, 6) is 1.88. The van der Waals surface area contributed by atoms with Crippen molar-refractivity contribution >= 4 is 40.7 Å². The lowest BCUT2D eigenvalue weighted by atomic mass is 9.75. The van der Waals surface area contributed by atoms with Crippen LogP contribution in [0.25, 0.3) is 0 Å². The van der Waals surface area contributed by atoms with E-state index in [2.05, 4.69) is 12.1 Å². The average Bonchev–Trinajstić information content (AvgIpc) is 3.36. The molecule has 2 saturated carbocycles. The molecule has 2 aliphatic carbocycles. The molecule has 4 nitrogen and oxygen atoms in total. The number of thioether (sulfide) groups is 1. The van der Waals surface area contributed by atoms with Crippen LogP contribution in [0.15, 0.2) is 34.1 Å². The van der Waals surface area contributed by atoms with Gasteiger partial charge in [0.25, 0.3) is 0 Å². The maximum Gasteiger partial charge on any atom is 0.326 e. The van der Waals surface area contributed by atoms with E-state index in [0.717, 1.165) is 20.8 Å². The van der Waals surface area contributed by atoms with Crippen LogP contribution in [0.4, 0.5) is 0 Å². The van der Waals surface area contributed by atoms with E-state index in [1.165, 1.54) is 36.2 Å². The highest BCUT2D eigenvalue weighted by Gasteiger charge is 2.55. The minimum absolute atomic E-state index is 0.00429. The zero-order valence-electron chi connectivity index (χ0n) is 15.6. The van der Waals surface area contributed by atoms with Crippen LogP contribution in [-0.4, -0.2) is 22.4 Å².